The fourth-order valence-corrected chi connectivity index (χ4v) is 5.27. The van der Waals surface area contributed by atoms with Crippen LogP contribution in [0.3, 0.4) is 0 Å². The SMILES string of the molecule is COc1ccccc1[C@@H]1[C@H](C(=O)c2ccccc2)N2c3ccccc3C=C[C@H]2C1(C#N)C#N. The van der Waals surface area contributed by atoms with Crippen LogP contribution in [0.4, 0.5) is 5.69 Å². The van der Waals surface area contributed by atoms with Crippen molar-refractivity contribution in [2.75, 3.05) is 12.0 Å². The number of methoxy groups -OCH3 is 1. The number of nitriles is 2. The van der Waals surface area contributed by atoms with Gasteiger partial charge in [0.2, 0.25) is 0 Å². The summed E-state index contributed by atoms with van der Waals surface area (Å²) in [6.45, 7) is 0. The lowest BCUT2D eigenvalue weighted by molar-refractivity contribution is 0.0950. The molecule has 2 aliphatic heterocycles. The summed E-state index contributed by atoms with van der Waals surface area (Å²) in [6.07, 6.45) is 3.82. The van der Waals surface area contributed by atoms with E-state index in [4.69, 9.17) is 4.74 Å². The van der Waals surface area contributed by atoms with Crippen LogP contribution >= 0.6 is 0 Å². The van der Waals surface area contributed by atoms with Crippen molar-refractivity contribution in [1.82, 2.24) is 0 Å². The summed E-state index contributed by atoms with van der Waals surface area (Å²) >= 11 is 0. The minimum Gasteiger partial charge on any atom is -0.496 e. The number of hydrogen-bond acceptors (Lipinski definition) is 5. The molecule has 0 saturated carbocycles. The molecule has 0 amide bonds. The predicted molar refractivity (Wildman–Crippen MR) is 126 cm³/mol. The summed E-state index contributed by atoms with van der Waals surface area (Å²) < 4.78 is 5.63. The number of carbonyl (C=O) groups is 1. The molecule has 5 nitrogen and oxygen atoms in total. The van der Waals surface area contributed by atoms with Gasteiger partial charge in [-0.05, 0) is 17.7 Å². The van der Waals surface area contributed by atoms with Crippen molar-refractivity contribution in [3.8, 4) is 17.9 Å². The first-order valence-electron chi connectivity index (χ1n) is 10.8. The van der Waals surface area contributed by atoms with Gasteiger partial charge in [0, 0.05) is 22.7 Å². The number of ketones is 1. The number of fused-ring (bicyclic) bond motifs is 3. The Bertz CT molecular complexity index is 1320. The van der Waals surface area contributed by atoms with Crippen LogP contribution in [0.15, 0.2) is 84.9 Å². The third-order valence-electron chi connectivity index (χ3n) is 6.72. The maximum absolute atomic E-state index is 14.1. The fourth-order valence-electron chi connectivity index (χ4n) is 5.27. The Kier molecular flexibility index (Phi) is 4.96. The molecule has 160 valence electrons. The van der Waals surface area contributed by atoms with E-state index in [1.807, 2.05) is 77.7 Å². The first kappa shape index (κ1) is 20.5. The number of hydrogen-bond donors (Lipinski definition) is 0. The molecule has 3 atom stereocenters. The van der Waals surface area contributed by atoms with Gasteiger partial charge < -0.3 is 9.64 Å². The average Bonchev–Trinajstić information content (AvgIpc) is 3.19. The van der Waals surface area contributed by atoms with Crippen LogP contribution in [-0.4, -0.2) is 25.0 Å². The summed E-state index contributed by atoms with van der Waals surface area (Å²) in [7, 11) is 1.56. The van der Waals surface area contributed by atoms with E-state index in [1.54, 1.807) is 25.3 Å². The number of nitrogens with zero attached hydrogens (tertiary/aromatic N) is 3. The zero-order valence-corrected chi connectivity index (χ0v) is 18.1. The van der Waals surface area contributed by atoms with E-state index in [2.05, 4.69) is 12.1 Å². The Morgan fingerprint density at radius 2 is 1.61 bits per heavy atom. The summed E-state index contributed by atoms with van der Waals surface area (Å²) in [5, 5.41) is 21.0. The molecule has 0 unspecified atom stereocenters. The highest BCUT2D eigenvalue weighted by Gasteiger charge is 2.63. The second-order valence-corrected chi connectivity index (χ2v) is 8.26. The van der Waals surface area contributed by atoms with Crippen LogP contribution in [0.5, 0.6) is 5.75 Å². The molecular weight excluding hydrogens is 410 g/mol. The summed E-state index contributed by atoms with van der Waals surface area (Å²) in [5.41, 5.74) is 1.52. The standard InChI is InChI=1S/C28H21N3O2/c1-33-23-14-8-6-12-21(23)25-26(27(32)20-10-3-2-4-11-20)31-22-13-7-5-9-19(22)15-16-24(31)28(25,17-29)18-30/h2-16,24-26H,1H3/t24-,25+,26+/m0/s1. The topological polar surface area (TPSA) is 77.1 Å². The number of ether oxygens (including phenoxy) is 1. The Labute approximate surface area is 192 Å². The second kappa shape index (κ2) is 7.97. The molecule has 2 heterocycles. The highest BCUT2D eigenvalue weighted by atomic mass is 16.5. The third kappa shape index (κ3) is 2.94. The van der Waals surface area contributed by atoms with Gasteiger partial charge in [0.1, 0.15) is 11.8 Å². The molecule has 2 aliphatic rings. The molecule has 1 saturated heterocycles. The van der Waals surface area contributed by atoms with Gasteiger partial charge in [-0.25, -0.2) is 0 Å². The molecule has 3 aromatic carbocycles. The van der Waals surface area contributed by atoms with Crippen molar-refractivity contribution in [2.45, 2.75) is 18.0 Å². The predicted octanol–water partition coefficient (Wildman–Crippen LogP) is 4.98. The minimum absolute atomic E-state index is 0.131. The Morgan fingerprint density at radius 3 is 2.33 bits per heavy atom. The molecule has 1 fully saturated rings. The van der Waals surface area contributed by atoms with Crippen LogP contribution in [0.25, 0.3) is 6.08 Å². The van der Waals surface area contributed by atoms with Gasteiger partial charge in [0.25, 0.3) is 0 Å². The van der Waals surface area contributed by atoms with E-state index in [9.17, 15) is 15.3 Å². The van der Waals surface area contributed by atoms with Crippen molar-refractivity contribution in [1.29, 1.82) is 10.5 Å². The van der Waals surface area contributed by atoms with E-state index in [-0.39, 0.29) is 5.78 Å². The number of para-hydroxylation sites is 2. The van der Waals surface area contributed by atoms with Gasteiger partial charge in [-0.3, -0.25) is 4.79 Å². The Hall–Kier alpha value is -4.35. The maximum atomic E-state index is 14.1. The van der Waals surface area contributed by atoms with E-state index in [0.717, 1.165) is 11.3 Å². The Morgan fingerprint density at radius 1 is 0.939 bits per heavy atom. The zero-order valence-electron chi connectivity index (χ0n) is 18.1. The van der Waals surface area contributed by atoms with Gasteiger partial charge in [-0.15, -0.1) is 0 Å². The number of anilines is 1. The van der Waals surface area contributed by atoms with Gasteiger partial charge in [0.15, 0.2) is 11.2 Å². The van der Waals surface area contributed by atoms with Crippen LogP contribution in [0, 0.1) is 28.1 Å². The molecule has 5 heteroatoms. The molecule has 0 spiro atoms. The van der Waals surface area contributed by atoms with Crippen LogP contribution in [0.1, 0.15) is 27.4 Å². The fraction of sp³-hybridized carbons (Fsp3) is 0.179. The summed E-state index contributed by atoms with van der Waals surface area (Å²) in [4.78, 5) is 16.1. The molecule has 0 radical (unpaired) electrons. The van der Waals surface area contributed by atoms with Gasteiger partial charge in [0.05, 0.1) is 25.3 Å². The number of benzene rings is 3. The third-order valence-corrected chi connectivity index (χ3v) is 6.72. The van der Waals surface area contributed by atoms with Gasteiger partial charge in [-0.2, -0.15) is 10.5 Å². The van der Waals surface area contributed by atoms with E-state index in [0.29, 0.717) is 16.9 Å². The van der Waals surface area contributed by atoms with E-state index in [1.165, 1.54) is 0 Å². The maximum Gasteiger partial charge on any atom is 0.185 e. The minimum atomic E-state index is -1.49. The first-order valence-corrected chi connectivity index (χ1v) is 10.8. The van der Waals surface area contributed by atoms with Crippen molar-refractivity contribution in [3.63, 3.8) is 0 Å². The van der Waals surface area contributed by atoms with Crippen LogP contribution in [-0.2, 0) is 0 Å². The summed E-state index contributed by atoms with van der Waals surface area (Å²) in [6, 6.07) is 27.5. The van der Waals surface area contributed by atoms with E-state index >= 15 is 0 Å². The molecule has 0 bridgehead atoms. The van der Waals surface area contributed by atoms with Crippen molar-refractivity contribution >= 4 is 17.5 Å². The van der Waals surface area contributed by atoms with Crippen molar-refractivity contribution in [3.05, 3.63) is 102 Å². The normalized spacial score (nSPS) is 21.9. The number of carbonyl (C=O) groups excluding carboxylic acids is 1. The van der Waals surface area contributed by atoms with E-state index < -0.39 is 23.4 Å². The number of rotatable bonds is 4. The lowest BCUT2D eigenvalue weighted by Crippen LogP contribution is -2.44. The lowest BCUT2D eigenvalue weighted by Gasteiger charge is -2.35. The molecule has 3 aromatic rings. The Balaban J connectivity index is 1.82. The first-order chi connectivity index (χ1) is 16.2. The molecule has 5 rings (SSSR count). The quantitative estimate of drug-likeness (QED) is 0.545. The zero-order chi connectivity index (χ0) is 23.0. The van der Waals surface area contributed by atoms with Crippen molar-refractivity contribution in [2.24, 2.45) is 5.41 Å². The lowest BCUT2D eigenvalue weighted by atomic mass is 9.69. The van der Waals surface area contributed by atoms with Crippen molar-refractivity contribution < 1.29 is 9.53 Å². The molecule has 0 N–H and O–H groups in total. The largest absolute Gasteiger partial charge is 0.496 e. The summed E-state index contributed by atoms with van der Waals surface area (Å²) in [5.74, 6) is -0.300. The highest BCUT2D eigenvalue weighted by Crippen LogP contribution is 2.56. The van der Waals surface area contributed by atoms with Gasteiger partial charge >= 0.3 is 0 Å². The molecule has 0 aliphatic carbocycles. The highest BCUT2D eigenvalue weighted by molar-refractivity contribution is 6.04. The smallest absolute Gasteiger partial charge is 0.185 e. The molecule has 0 aromatic heterocycles. The number of Topliss-reactive ketones (excluding diaryl/α,β-unsaturated/α-hetero) is 1. The monoisotopic (exact) mass is 431 g/mol. The second-order valence-electron chi connectivity index (χ2n) is 8.26. The van der Waals surface area contributed by atoms with Crippen LogP contribution < -0.4 is 9.64 Å². The molecule has 33 heavy (non-hydrogen) atoms. The van der Waals surface area contributed by atoms with Gasteiger partial charge in [-0.1, -0.05) is 78.9 Å². The van der Waals surface area contributed by atoms with Crippen LogP contribution in [0.2, 0.25) is 0 Å². The molecular formula is C28H21N3O2. The average molecular weight is 431 g/mol.